The Hall–Kier alpha value is -6.88. The Labute approximate surface area is 448 Å². The first kappa shape index (κ1) is 46.6. The van der Waals surface area contributed by atoms with Crippen molar-refractivity contribution >= 4 is 93.7 Å². The molecule has 0 amide bonds. The van der Waals surface area contributed by atoms with Gasteiger partial charge in [-0.2, -0.15) is 0 Å². The zero-order valence-corrected chi connectivity index (χ0v) is 46.7. The van der Waals surface area contributed by atoms with Crippen molar-refractivity contribution in [1.29, 1.82) is 0 Å². The number of nitrogens with zero attached hydrogens (tertiary/aromatic N) is 1. The molecule has 1 aliphatic heterocycles. The van der Waals surface area contributed by atoms with Crippen molar-refractivity contribution in [3.05, 3.63) is 185 Å². The first-order valence-corrected chi connectivity index (χ1v) is 28.3. The van der Waals surface area contributed by atoms with Crippen LogP contribution in [0.2, 0.25) is 0 Å². The largest absolute Gasteiger partial charge is 0.355 e. The van der Waals surface area contributed by atoms with Crippen LogP contribution in [0.4, 0.5) is 11.4 Å². The Morgan fingerprint density at radius 3 is 1.92 bits per heavy atom. The molecular formula is C71H67BN2S. The minimum absolute atomic E-state index is 0.00281. The third kappa shape index (κ3) is 6.90. The fourth-order valence-electron chi connectivity index (χ4n) is 13.8. The molecule has 0 bridgehead atoms. The summed E-state index contributed by atoms with van der Waals surface area (Å²) in [5.74, 6) is 0. The number of nitrogens with one attached hydrogen (secondary N) is 1. The van der Waals surface area contributed by atoms with E-state index in [1.165, 1.54) is 149 Å². The summed E-state index contributed by atoms with van der Waals surface area (Å²) in [6, 6.07) is 59.7. The van der Waals surface area contributed by atoms with Crippen molar-refractivity contribution in [2.75, 3.05) is 5.32 Å². The number of anilines is 2. The fraction of sp³-hybridized carbons (Fsp3) is 0.268. The molecule has 3 heterocycles. The van der Waals surface area contributed by atoms with Crippen LogP contribution in [0.25, 0.3) is 91.8 Å². The molecule has 4 heteroatoms. The molecule has 3 aliphatic rings. The highest BCUT2D eigenvalue weighted by atomic mass is 32.1. The van der Waals surface area contributed by atoms with Crippen molar-refractivity contribution in [3.63, 3.8) is 0 Å². The van der Waals surface area contributed by atoms with Gasteiger partial charge < -0.3 is 9.88 Å². The lowest BCUT2D eigenvalue weighted by atomic mass is 9.58. The molecule has 0 atom stereocenters. The van der Waals surface area contributed by atoms with E-state index in [1.54, 1.807) is 0 Å². The van der Waals surface area contributed by atoms with Gasteiger partial charge in [0.05, 0.1) is 5.52 Å². The predicted octanol–water partition coefficient (Wildman–Crippen LogP) is 18.3. The van der Waals surface area contributed by atoms with Crippen LogP contribution in [-0.4, -0.2) is 11.8 Å². The lowest BCUT2D eigenvalue weighted by Crippen LogP contribution is -2.38. The van der Waals surface area contributed by atoms with E-state index in [2.05, 4.69) is 245 Å². The average Bonchev–Trinajstić information content (AvgIpc) is 4.00. The van der Waals surface area contributed by atoms with E-state index < -0.39 is 0 Å². The van der Waals surface area contributed by atoms with Crippen LogP contribution < -0.4 is 16.2 Å². The standard InChI is InChI=1S/C71H67BN2S/c1-67(2,3)42-23-26-44(27-24-42)73-59-39-62-51(52-37-56-57(38-61(52)75-62)70(9,10)32-31-69(56,7)8)36-50(59)53-35-48(41-22-29-55-49(33-41)46-19-15-16-20-54(46)71(55,11)12)63-47-28-21-40-17-13-14-18-45(40)65(47)74-60-30-25-43(68(4,5)6)34-58(60)72-64(53)66(63)74/h13-30,33-39,72-73H,31-32H2,1-12H3. The number of rotatable bonds is 4. The highest BCUT2D eigenvalue weighted by Crippen LogP contribution is 2.53. The number of hydrogen-bond acceptors (Lipinski definition) is 2. The molecule has 9 aromatic carbocycles. The summed E-state index contributed by atoms with van der Waals surface area (Å²) in [5.41, 5.74) is 25.3. The quantitative estimate of drug-likeness (QED) is 0.174. The SMILES string of the molecule is CC(C)(C)c1ccc(Nc2cc3sc4cc5c(cc4c3cc2-c2cc(-c3ccc4c(c3)-c3ccccc3C4(C)C)c3c4ccc6ccccc6c4n4c3c2Bc2cc(C(C)(C)C)ccc2-4)C(C)(C)CCC5(C)C)cc1. The maximum atomic E-state index is 4.11. The molecule has 0 saturated heterocycles. The number of thiophene rings is 1. The molecule has 2 aliphatic carbocycles. The van der Waals surface area contributed by atoms with Crippen molar-refractivity contribution in [2.24, 2.45) is 0 Å². The van der Waals surface area contributed by atoms with Crippen LogP contribution in [-0.2, 0) is 27.1 Å². The highest BCUT2D eigenvalue weighted by molar-refractivity contribution is 7.25. The van der Waals surface area contributed by atoms with E-state index in [1.807, 2.05) is 11.3 Å². The number of benzene rings is 9. The molecule has 75 heavy (non-hydrogen) atoms. The van der Waals surface area contributed by atoms with Crippen LogP contribution in [0.3, 0.4) is 0 Å². The molecule has 2 nitrogen and oxygen atoms in total. The van der Waals surface area contributed by atoms with E-state index in [4.69, 9.17) is 0 Å². The zero-order chi connectivity index (χ0) is 51.9. The maximum absolute atomic E-state index is 4.11. The van der Waals surface area contributed by atoms with Gasteiger partial charge in [0.1, 0.15) is 0 Å². The minimum Gasteiger partial charge on any atom is -0.355 e. The predicted molar refractivity (Wildman–Crippen MR) is 328 cm³/mol. The van der Waals surface area contributed by atoms with Gasteiger partial charge in [-0.1, -0.05) is 186 Å². The third-order valence-electron chi connectivity index (χ3n) is 18.4. The van der Waals surface area contributed by atoms with Gasteiger partial charge in [0.25, 0.3) is 0 Å². The normalized spacial score (nSPS) is 16.1. The second-order valence-electron chi connectivity index (χ2n) is 26.5. The van der Waals surface area contributed by atoms with Crippen LogP contribution in [0, 0.1) is 0 Å². The van der Waals surface area contributed by atoms with E-state index in [0.29, 0.717) is 0 Å². The molecule has 0 fully saturated rings. The van der Waals surface area contributed by atoms with Crippen molar-refractivity contribution < 1.29 is 0 Å². The molecule has 0 unspecified atom stereocenters. The topological polar surface area (TPSA) is 17.0 Å². The van der Waals surface area contributed by atoms with Crippen LogP contribution in [0.5, 0.6) is 0 Å². The maximum Gasteiger partial charge on any atom is 0.198 e. The van der Waals surface area contributed by atoms with E-state index >= 15 is 0 Å². The number of fused-ring (bicyclic) bond motifs is 14. The summed E-state index contributed by atoms with van der Waals surface area (Å²) < 4.78 is 5.37. The fourth-order valence-corrected chi connectivity index (χ4v) is 15.0. The van der Waals surface area contributed by atoms with Crippen LogP contribution in [0.1, 0.15) is 129 Å². The lowest BCUT2D eigenvalue weighted by Gasteiger charge is -2.41. The molecular weight excluding hydrogens is 924 g/mol. The Morgan fingerprint density at radius 2 is 1.16 bits per heavy atom. The van der Waals surface area contributed by atoms with Gasteiger partial charge in [-0.3, -0.25) is 0 Å². The summed E-state index contributed by atoms with van der Waals surface area (Å²) in [7, 11) is 0.824. The molecule has 14 rings (SSSR count). The highest BCUT2D eigenvalue weighted by Gasteiger charge is 2.39. The molecule has 370 valence electrons. The Kier molecular flexibility index (Phi) is 9.71. The molecule has 0 radical (unpaired) electrons. The van der Waals surface area contributed by atoms with Crippen molar-refractivity contribution in [2.45, 2.75) is 123 Å². The smallest absolute Gasteiger partial charge is 0.198 e. The molecule has 2 aromatic heterocycles. The Morgan fingerprint density at radius 1 is 0.493 bits per heavy atom. The van der Waals surface area contributed by atoms with Gasteiger partial charge in [0.15, 0.2) is 7.28 Å². The molecule has 0 saturated carbocycles. The van der Waals surface area contributed by atoms with Gasteiger partial charge in [-0.05, 0) is 161 Å². The van der Waals surface area contributed by atoms with Crippen LogP contribution in [0.15, 0.2) is 152 Å². The number of hydrogen-bond donors (Lipinski definition) is 1. The molecule has 0 spiro atoms. The third-order valence-corrected chi connectivity index (χ3v) is 19.5. The molecule has 1 N–H and O–H groups in total. The summed E-state index contributed by atoms with van der Waals surface area (Å²) in [5, 5.41) is 12.0. The lowest BCUT2D eigenvalue weighted by molar-refractivity contribution is 0.332. The van der Waals surface area contributed by atoms with Crippen LogP contribution >= 0.6 is 11.3 Å². The zero-order valence-electron chi connectivity index (χ0n) is 45.9. The second kappa shape index (κ2) is 15.6. The summed E-state index contributed by atoms with van der Waals surface area (Å²) in [6.07, 6.45) is 2.39. The Balaban J connectivity index is 1.13. The minimum atomic E-state index is -0.0885. The summed E-state index contributed by atoms with van der Waals surface area (Å²) >= 11 is 1.96. The van der Waals surface area contributed by atoms with Gasteiger partial charge >= 0.3 is 0 Å². The number of aromatic nitrogens is 1. The first-order chi connectivity index (χ1) is 35.7. The summed E-state index contributed by atoms with van der Waals surface area (Å²) in [4.78, 5) is 0. The summed E-state index contributed by atoms with van der Waals surface area (Å²) in [6.45, 7) is 28.6. The van der Waals surface area contributed by atoms with E-state index in [0.717, 1.165) is 18.7 Å². The van der Waals surface area contributed by atoms with E-state index in [9.17, 15) is 0 Å². The Bertz CT molecular complexity index is 4270. The second-order valence-corrected chi connectivity index (χ2v) is 27.6. The van der Waals surface area contributed by atoms with Gasteiger partial charge in [-0.25, -0.2) is 0 Å². The van der Waals surface area contributed by atoms with Gasteiger partial charge in [0, 0.05) is 69.9 Å². The van der Waals surface area contributed by atoms with E-state index in [-0.39, 0.29) is 27.1 Å². The average molecular weight is 991 g/mol. The monoisotopic (exact) mass is 991 g/mol. The van der Waals surface area contributed by atoms with Gasteiger partial charge in [0.2, 0.25) is 0 Å². The first-order valence-electron chi connectivity index (χ1n) is 27.5. The molecule has 11 aromatic rings. The van der Waals surface area contributed by atoms with Gasteiger partial charge in [-0.15, -0.1) is 11.3 Å². The van der Waals surface area contributed by atoms with Crippen molar-refractivity contribution in [3.8, 4) is 39.1 Å². The van der Waals surface area contributed by atoms with Crippen molar-refractivity contribution in [1.82, 2.24) is 4.57 Å².